The van der Waals surface area contributed by atoms with E-state index in [1.54, 1.807) is 6.92 Å². The third-order valence-electron chi connectivity index (χ3n) is 6.14. The molecule has 28 heavy (non-hydrogen) atoms. The maximum Gasteiger partial charge on any atom is 0.510 e. The van der Waals surface area contributed by atoms with Crippen molar-refractivity contribution in [3.63, 3.8) is 0 Å². The fraction of sp³-hybridized carbons (Fsp3) is 0.944. The molecule has 0 aliphatic heterocycles. The summed E-state index contributed by atoms with van der Waals surface area (Å²) in [6, 6.07) is 0. The molecule has 10 heteroatoms. The maximum absolute atomic E-state index is 15.5. The van der Waals surface area contributed by atoms with Gasteiger partial charge in [-0.3, -0.25) is 0 Å². The molecule has 0 aromatic carbocycles. The van der Waals surface area contributed by atoms with Crippen molar-refractivity contribution in [2.45, 2.75) is 83.1 Å². The molecule has 2 aliphatic rings. The molecule has 2 fully saturated rings. The third-order valence-corrected chi connectivity index (χ3v) is 6.14. The Balaban J connectivity index is 2.43. The molecule has 0 heterocycles. The first-order valence-electron chi connectivity index (χ1n) is 9.07. The number of halogens is 7. The van der Waals surface area contributed by atoms with Gasteiger partial charge in [0, 0.05) is 6.42 Å². The van der Waals surface area contributed by atoms with Crippen molar-refractivity contribution in [3.8, 4) is 0 Å². The van der Waals surface area contributed by atoms with Crippen molar-refractivity contribution in [2.75, 3.05) is 0 Å². The number of carbonyl (C=O) groups is 1. The summed E-state index contributed by atoms with van der Waals surface area (Å²) < 4.78 is 106. The van der Waals surface area contributed by atoms with Crippen molar-refractivity contribution >= 4 is 6.16 Å². The molecule has 2 rings (SSSR count). The van der Waals surface area contributed by atoms with Crippen LogP contribution in [-0.2, 0) is 9.47 Å². The molecule has 164 valence electrons. The third kappa shape index (κ3) is 3.92. The van der Waals surface area contributed by atoms with Gasteiger partial charge in [0.2, 0.25) is 0 Å². The Labute approximate surface area is 158 Å². The van der Waals surface area contributed by atoms with E-state index in [0.29, 0.717) is 0 Å². The largest absolute Gasteiger partial charge is 0.510 e. The van der Waals surface area contributed by atoms with E-state index in [1.165, 1.54) is 20.8 Å². The van der Waals surface area contributed by atoms with Gasteiger partial charge in [-0.1, -0.05) is 13.8 Å². The molecule has 5 unspecified atom stereocenters. The van der Waals surface area contributed by atoms with Crippen LogP contribution in [0.4, 0.5) is 35.5 Å². The lowest BCUT2D eigenvalue weighted by molar-refractivity contribution is -0.378. The van der Waals surface area contributed by atoms with Crippen LogP contribution >= 0.6 is 0 Å². The molecule has 0 amide bonds. The smallest absolute Gasteiger partial charge is 0.429 e. The fourth-order valence-corrected chi connectivity index (χ4v) is 4.63. The highest BCUT2D eigenvalue weighted by atomic mass is 19.4. The van der Waals surface area contributed by atoms with Crippen molar-refractivity contribution in [2.24, 2.45) is 23.7 Å². The molecule has 0 spiro atoms. The van der Waals surface area contributed by atoms with E-state index in [0.717, 1.165) is 0 Å². The number of fused-ring (bicyclic) bond motifs is 2. The highest BCUT2D eigenvalue weighted by Crippen LogP contribution is 2.63. The number of ether oxygens (including phenoxy) is 2. The van der Waals surface area contributed by atoms with E-state index in [2.05, 4.69) is 9.47 Å². The lowest BCUT2D eigenvalue weighted by Crippen LogP contribution is -2.63. The van der Waals surface area contributed by atoms with Crippen molar-refractivity contribution < 1.29 is 45.0 Å². The van der Waals surface area contributed by atoms with Gasteiger partial charge < -0.3 is 9.47 Å². The first-order chi connectivity index (χ1) is 12.3. The summed E-state index contributed by atoms with van der Waals surface area (Å²) in [5.41, 5.74) is -9.11. The van der Waals surface area contributed by atoms with Crippen molar-refractivity contribution in [3.05, 3.63) is 0 Å². The van der Waals surface area contributed by atoms with Gasteiger partial charge in [0.05, 0.1) is 0 Å². The standard InChI is InChI=1S/C18H25F7O3/c1-9-10(2)12-6-11(9)7-15(12,19)8-16(17(20,21)22,18(23,24)25)28-13(26)27-14(3,4)5/h9-12H,6-8H2,1-5H3. The van der Waals surface area contributed by atoms with E-state index in [1.807, 2.05) is 6.92 Å². The molecule has 2 aliphatic carbocycles. The minimum atomic E-state index is -6.07. The van der Waals surface area contributed by atoms with Gasteiger partial charge in [0.1, 0.15) is 11.3 Å². The van der Waals surface area contributed by atoms with Crippen LogP contribution < -0.4 is 0 Å². The highest BCUT2D eigenvalue weighted by molar-refractivity contribution is 5.61. The van der Waals surface area contributed by atoms with E-state index >= 15 is 4.39 Å². The Morgan fingerprint density at radius 2 is 1.46 bits per heavy atom. The number of hydrogen-bond acceptors (Lipinski definition) is 3. The normalized spacial score (nSPS) is 33.9. The second-order valence-corrected chi connectivity index (χ2v) is 9.13. The summed E-state index contributed by atoms with van der Waals surface area (Å²) in [6.45, 7) is 7.21. The number of carbonyl (C=O) groups excluding carboxylic acids is 1. The van der Waals surface area contributed by atoms with E-state index in [9.17, 15) is 31.1 Å². The number of alkyl halides is 7. The molecule has 0 aromatic rings. The van der Waals surface area contributed by atoms with Gasteiger partial charge in [-0.15, -0.1) is 0 Å². The molecule has 3 nitrogen and oxygen atoms in total. The summed E-state index contributed by atoms with van der Waals surface area (Å²) >= 11 is 0. The zero-order valence-corrected chi connectivity index (χ0v) is 16.3. The van der Waals surface area contributed by atoms with Crippen LogP contribution in [-0.4, -0.2) is 35.4 Å². The fourth-order valence-electron chi connectivity index (χ4n) is 4.63. The number of rotatable bonds is 3. The monoisotopic (exact) mass is 422 g/mol. The first-order valence-corrected chi connectivity index (χ1v) is 9.07. The highest BCUT2D eigenvalue weighted by Gasteiger charge is 2.78. The molecule has 0 saturated heterocycles. The van der Waals surface area contributed by atoms with Gasteiger partial charge in [0.15, 0.2) is 0 Å². The van der Waals surface area contributed by atoms with Gasteiger partial charge in [-0.2, -0.15) is 26.3 Å². The summed E-state index contributed by atoms with van der Waals surface area (Å²) in [4.78, 5) is 11.8. The summed E-state index contributed by atoms with van der Waals surface area (Å²) in [5.74, 6) is -1.62. The van der Waals surface area contributed by atoms with Gasteiger partial charge in [0.25, 0.3) is 0 Å². The Bertz CT molecular complexity index is 592. The lowest BCUT2D eigenvalue weighted by atomic mass is 9.69. The van der Waals surface area contributed by atoms with Crippen LogP contribution in [0.1, 0.15) is 53.9 Å². The Kier molecular flexibility index (Phi) is 5.48. The van der Waals surface area contributed by atoms with Crippen LogP contribution in [0.25, 0.3) is 0 Å². The Morgan fingerprint density at radius 1 is 0.964 bits per heavy atom. The number of hydrogen-bond donors (Lipinski definition) is 0. The average Bonchev–Trinajstić information content (AvgIpc) is 2.90. The molecule has 2 saturated carbocycles. The lowest BCUT2D eigenvalue weighted by Gasteiger charge is -2.44. The molecular weight excluding hydrogens is 397 g/mol. The Hall–Kier alpha value is -1.22. The first kappa shape index (κ1) is 23.1. The minimum Gasteiger partial charge on any atom is -0.429 e. The predicted molar refractivity (Wildman–Crippen MR) is 85.2 cm³/mol. The second-order valence-electron chi connectivity index (χ2n) is 9.13. The van der Waals surface area contributed by atoms with E-state index in [4.69, 9.17) is 0 Å². The SMILES string of the molecule is CC1C2CC(C1C)C(F)(CC(OC(=O)OC(C)(C)C)(C(F)(F)F)C(F)(F)F)C2. The van der Waals surface area contributed by atoms with Crippen LogP contribution in [0.2, 0.25) is 0 Å². The van der Waals surface area contributed by atoms with E-state index in [-0.39, 0.29) is 24.2 Å². The zero-order valence-electron chi connectivity index (χ0n) is 16.3. The quantitative estimate of drug-likeness (QED) is 0.401. The molecule has 0 radical (unpaired) electrons. The van der Waals surface area contributed by atoms with Gasteiger partial charge >= 0.3 is 24.1 Å². The second kappa shape index (κ2) is 6.65. The predicted octanol–water partition coefficient (Wildman–Crippen LogP) is 6.21. The molecular formula is C18H25F7O3. The minimum absolute atomic E-state index is 0.00632. The molecule has 5 atom stereocenters. The van der Waals surface area contributed by atoms with E-state index < -0.39 is 54.1 Å². The maximum atomic E-state index is 15.5. The summed E-state index contributed by atoms with van der Waals surface area (Å²) in [5, 5.41) is 0. The Morgan fingerprint density at radius 3 is 1.82 bits per heavy atom. The van der Waals surface area contributed by atoms with Crippen LogP contribution in [0.5, 0.6) is 0 Å². The average molecular weight is 422 g/mol. The topological polar surface area (TPSA) is 35.5 Å². The molecule has 2 bridgehead atoms. The van der Waals surface area contributed by atoms with Gasteiger partial charge in [-0.25, -0.2) is 9.18 Å². The molecule has 0 N–H and O–H groups in total. The molecule has 0 aromatic heterocycles. The van der Waals surface area contributed by atoms with Gasteiger partial charge in [-0.05, 0) is 57.3 Å². The van der Waals surface area contributed by atoms with Crippen LogP contribution in [0.15, 0.2) is 0 Å². The summed E-state index contributed by atoms with van der Waals surface area (Å²) in [6.07, 6.45) is -16.5. The van der Waals surface area contributed by atoms with Crippen molar-refractivity contribution in [1.82, 2.24) is 0 Å². The van der Waals surface area contributed by atoms with Crippen LogP contribution in [0, 0.1) is 23.7 Å². The van der Waals surface area contributed by atoms with Crippen molar-refractivity contribution in [1.29, 1.82) is 0 Å². The summed E-state index contributed by atoms with van der Waals surface area (Å²) in [7, 11) is 0. The van der Waals surface area contributed by atoms with Crippen LogP contribution in [0.3, 0.4) is 0 Å². The zero-order chi connectivity index (χ0) is 21.9.